The van der Waals surface area contributed by atoms with E-state index in [9.17, 15) is 9.59 Å². The summed E-state index contributed by atoms with van der Waals surface area (Å²) in [5.74, 6) is 0.162. The maximum Gasteiger partial charge on any atom is 0.230 e. The zero-order valence-corrected chi connectivity index (χ0v) is 5.67. The largest absolute Gasteiger partial charge is 0.332 e. The molecule has 2 fully saturated rings. The smallest absolute Gasteiger partial charge is 0.230 e. The number of ketones is 1. The van der Waals surface area contributed by atoms with Gasteiger partial charge in [0.1, 0.15) is 0 Å². The molecule has 1 atom stereocenters. The van der Waals surface area contributed by atoms with Crippen molar-refractivity contribution in [1.29, 1.82) is 0 Å². The molecule has 1 amide bonds. The van der Waals surface area contributed by atoms with Crippen molar-refractivity contribution in [2.24, 2.45) is 0 Å². The molecule has 0 bridgehead atoms. The highest BCUT2D eigenvalue weighted by Crippen LogP contribution is 2.25. The molecule has 0 N–H and O–H groups in total. The second-order valence-electron chi connectivity index (χ2n) is 2.89. The molecule has 2 aliphatic rings. The Bertz CT molecular complexity index is 180. The van der Waals surface area contributed by atoms with E-state index < -0.39 is 0 Å². The fourth-order valence-electron chi connectivity index (χ4n) is 1.77. The van der Waals surface area contributed by atoms with Crippen LogP contribution >= 0.6 is 0 Å². The summed E-state index contributed by atoms with van der Waals surface area (Å²) in [5.41, 5.74) is 0. The lowest BCUT2D eigenvalue weighted by Gasteiger charge is -2.11. The second-order valence-corrected chi connectivity index (χ2v) is 2.89. The van der Waals surface area contributed by atoms with Gasteiger partial charge in [-0.15, -0.1) is 0 Å². The first-order chi connectivity index (χ1) is 4.79. The Kier molecular flexibility index (Phi) is 1.07. The summed E-state index contributed by atoms with van der Waals surface area (Å²) in [6.45, 7) is 0.801. The van der Waals surface area contributed by atoms with E-state index in [1.165, 1.54) is 0 Å². The quantitative estimate of drug-likeness (QED) is 0.441. The van der Waals surface area contributed by atoms with Gasteiger partial charge in [0, 0.05) is 6.54 Å². The molecule has 0 aliphatic carbocycles. The van der Waals surface area contributed by atoms with Gasteiger partial charge < -0.3 is 4.90 Å². The van der Waals surface area contributed by atoms with Crippen molar-refractivity contribution >= 4 is 11.7 Å². The van der Waals surface area contributed by atoms with Crippen molar-refractivity contribution in [2.45, 2.75) is 25.3 Å². The fourth-order valence-corrected chi connectivity index (χ4v) is 1.77. The fraction of sp³-hybridized carbons (Fsp3) is 0.714. The number of amides is 1. The Labute approximate surface area is 59.0 Å². The lowest BCUT2D eigenvalue weighted by molar-refractivity contribution is -0.127. The Morgan fingerprint density at radius 1 is 1.40 bits per heavy atom. The molecule has 3 heteroatoms. The number of fused-ring (bicyclic) bond motifs is 1. The third-order valence-electron chi connectivity index (χ3n) is 2.27. The zero-order valence-electron chi connectivity index (χ0n) is 5.67. The normalized spacial score (nSPS) is 31.6. The summed E-state index contributed by atoms with van der Waals surface area (Å²) in [4.78, 5) is 23.7. The molecule has 0 unspecified atom stereocenters. The van der Waals surface area contributed by atoms with Gasteiger partial charge in [0.25, 0.3) is 0 Å². The molecule has 3 nitrogen and oxygen atoms in total. The highest BCUT2D eigenvalue weighted by Gasteiger charge is 2.40. The third-order valence-corrected chi connectivity index (χ3v) is 2.27. The van der Waals surface area contributed by atoms with E-state index in [4.69, 9.17) is 0 Å². The summed E-state index contributed by atoms with van der Waals surface area (Å²) >= 11 is 0. The van der Waals surface area contributed by atoms with Gasteiger partial charge in [0.15, 0.2) is 5.78 Å². The molecule has 0 aromatic carbocycles. The third kappa shape index (κ3) is 0.602. The molecular formula is C7H9NO2. The van der Waals surface area contributed by atoms with Gasteiger partial charge in [-0.1, -0.05) is 0 Å². The first-order valence-electron chi connectivity index (χ1n) is 3.61. The molecule has 0 aromatic rings. The lowest BCUT2D eigenvalue weighted by Crippen LogP contribution is -2.28. The Morgan fingerprint density at radius 3 is 2.90 bits per heavy atom. The molecule has 2 aliphatic heterocycles. The molecule has 0 saturated carbocycles. The molecule has 2 heterocycles. The van der Waals surface area contributed by atoms with Gasteiger partial charge in [0.2, 0.25) is 5.91 Å². The number of hydrogen-bond donors (Lipinski definition) is 0. The summed E-state index contributed by atoms with van der Waals surface area (Å²) in [7, 11) is 0. The summed E-state index contributed by atoms with van der Waals surface area (Å²) in [5, 5.41) is 0. The van der Waals surface area contributed by atoms with Crippen molar-refractivity contribution in [1.82, 2.24) is 4.90 Å². The standard InChI is InChI=1S/C7H9NO2/c9-6-4-7(10)8-3-1-2-5(6)8/h5H,1-4H2/t5-/m1/s1. The first kappa shape index (κ1) is 5.89. The minimum atomic E-state index is -0.0347. The van der Waals surface area contributed by atoms with E-state index in [1.807, 2.05) is 0 Å². The van der Waals surface area contributed by atoms with Gasteiger partial charge in [0.05, 0.1) is 12.5 Å². The van der Waals surface area contributed by atoms with E-state index in [2.05, 4.69) is 0 Å². The highest BCUT2D eigenvalue weighted by atomic mass is 16.2. The van der Waals surface area contributed by atoms with Crippen LogP contribution in [0.5, 0.6) is 0 Å². The van der Waals surface area contributed by atoms with Crippen molar-refractivity contribution in [3.8, 4) is 0 Å². The minimum Gasteiger partial charge on any atom is -0.332 e. The average Bonchev–Trinajstić information content (AvgIpc) is 2.39. The monoisotopic (exact) mass is 139 g/mol. The summed E-state index contributed by atoms with van der Waals surface area (Å²) < 4.78 is 0. The van der Waals surface area contributed by atoms with Gasteiger partial charge >= 0.3 is 0 Å². The van der Waals surface area contributed by atoms with Crippen LogP contribution in [0.15, 0.2) is 0 Å². The predicted octanol–water partition coefficient (Wildman–Crippen LogP) is -0.0498. The number of Topliss-reactive ketones (excluding diaryl/α,β-unsaturated/α-hetero) is 1. The van der Waals surface area contributed by atoms with Gasteiger partial charge in [-0.25, -0.2) is 0 Å². The summed E-state index contributed by atoms with van der Waals surface area (Å²) in [6, 6.07) is -0.0347. The maximum absolute atomic E-state index is 11.0. The van der Waals surface area contributed by atoms with Crippen molar-refractivity contribution in [3.05, 3.63) is 0 Å². The van der Waals surface area contributed by atoms with E-state index in [0.717, 1.165) is 19.4 Å². The zero-order chi connectivity index (χ0) is 7.14. The van der Waals surface area contributed by atoms with Crippen LogP contribution in [0.4, 0.5) is 0 Å². The van der Waals surface area contributed by atoms with Crippen molar-refractivity contribution in [3.63, 3.8) is 0 Å². The maximum atomic E-state index is 11.0. The van der Waals surface area contributed by atoms with Crippen LogP contribution in [-0.4, -0.2) is 29.2 Å². The Morgan fingerprint density at radius 2 is 2.20 bits per heavy atom. The number of rotatable bonds is 0. The van der Waals surface area contributed by atoms with Crippen LogP contribution in [0.25, 0.3) is 0 Å². The molecule has 54 valence electrons. The molecule has 0 radical (unpaired) electrons. The average molecular weight is 139 g/mol. The van der Waals surface area contributed by atoms with Crippen LogP contribution in [0.2, 0.25) is 0 Å². The van der Waals surface area contributed by atoms with E-state index >= 15 is 0 Å². The molecule has 0 spiro atoms. The van der Waals surface area contributed by atoms with Crippen LogP contribution in [0, 0.1) is 0 Å². The summed E-state index contributed by atoms with van der Waals surface area (Å²) in [6.07, 6.45) is 2.05. The van der Waals surface area contributed by atoms with E-state index in [-0.39, 0.29) is 24.2 Å². The van der Waals surface area contributed by atoms with E-state index in [0.29, 0.717) is 0 Å². The van der Waals surface area contributed by atoms with Crippen molar-refractivity contribution in [2.75, 3.05) is 6.54 Å². The number of carbonyl (C=O) groups is 2. The SMILES string of the molecule is O=C1CC(=O)N2CCC[C@H]12. The molecule has 0 aromatic heterocycles. The van der Waals surface area contributed by atoms with Crippen molar-refractivity contribution < 1.29 is 9.59 Å². The van der Waals surface area contributed by atoms with E-state index in [1.54, 1.807) is 4.90 Å². The topological polar surface area (TPSA) is 37.4 Å². The van der Waals surface area contributed by atoms with Gasteiger partial charge in [-0.05, 0) is 12.8 Å². The highest BCUT2D eigenvalue weighted by molar-refractivity contribution is 6.07. The van der Waals surface area contributed by atoms with Crippen LogP contribution in [0.3, 0.4) is 0 Å². The second kappa shape index (κ2) is 1.81. The van der Waals surface area contributed by atoms with Gasteiger partial charge in [-0.2, -0.15) is 0 Å². The lowest BCUT2D eigenvalue weighted by atomic mass is 10.1. The number of hydrogen-bond acceptors (Lipinski definition) is 2. The molecule has 10 heavy (non-hydrogen) atoms. The Balaban J connectivity index is 2.27. The van der Waals surface area contributed by atoms with Crippen LogP contribution < -0.4 is 0 Å². The molecule has 2 saturated heterocycles. The minimum absolute atomic E-state index is 0.0347. The molecule has 2 rings (SSSR count). The first-order valence-corrected chi connectivity index (χ1v) is 3.61. The predicted molar refractivity (Wildman–Crippen MR) is 34.4 cm³/mol. The van der Waals surface area contributed by atoms with Gasteiger partial charge in [-0.3, -0.25) is 9.59 Å². The molecular weight excluding hydrogens is 130 g/mol. The number of nitrogens with zero attached hydrogens (tertiary/aromatic N) is 1. The van der Waals surface area contributed by atoms with Crippen LogP contribution in [-0.2, 0) is 9.59 Å². The van der Waals surface area contributed by atoms with Crippen LogP contribution in [0.1, 0.15) is 19.3 Å². The Hall–Kier alpha value is -0.860. The number of carbonyl (C=O) groups excluding carboxylic acids is 2.